The molecule has 9 heavy (non-hydrogen) atoms. The van der Waals surface area contributed by atoms with Crippen molar-refractivity contribution in [2.75, 3.05) is 0 Å². The van der Waals surface area contributed by atoms with E-state index in [2.05, 4.69) is 5.73 Å². The summed E-state index contributed by atoms with van der Waals surface area (Å²) in [6.45, 7) is 1.10. The van der Waals surface area contributed by atoms with Crippen LogP contribution in [0.2, 0.25) is 0 Å². The van der Waals surface area contributed by atoms with E-state index in [1.54, 1.807) is 0 Å². The molecule has 1 amide bonds. The van der Waals surface area contributed by atoms with Crippen molar-refractivity contribution in [1.82, 2.24) is 0 Å². The minimum absolute atomic E-state index is 0.477. The molecule has 0 saturated carbocycles. The third-order valence-electron chi connectivity index (χ3n) is 0.727. The van der Waals surface area contributed by atoms with Crippen LogP contribution < -0.4 is 5.73 Å². The largest absolute Gasteiger partial charge is 0.369 e. The minimum atomic E-state index is -0.768. The summed E-state index contributed by atoms with van der Waals surface area (Å²) < 4.78 is 0. The summed E-state index contributed by atoms with van der Waals surface area (Å²) in [6.07, 6.45) is -0.477. The number of nitrogens with two attached hydrogens (primary N) is 1. The molecule has 0 unspecified atom stereocenters. The van der Waals surface area contributed by atoms with Gasteiger partial charge in [-0.25, -0.2) is 0 Å². The lowest BCUT2D eigenvalue weighted by Crippen LogP contribution is -2.20. The van der Waals surface area contributed by atoms with Gasteiger partial charge in [0.05, 0.1) is 6.42 Å². The lowest BCUT2D eigenvalue weighted by molar-refractivity contribution is -0.137. The second-order valence-electron chi connectivity index (χ2n) is 1.62. The number of hydrogen-bond acceptors (Lipinski definition) is 3. The van der Waals surface area contributed by atoms with Crippen molar-refractivity contribution in [2.45, 2.75) is 13.3 Å². The average Bonchev–Trinajstić information content (AvgIpc) is 1.63. The van der Waals surface area contributed by atoms with Crippen molar-refractivity contribution in [2.24, 2.45) is 5.73 Å². The molecule has 0 radical (unpaired) electrons. The number of hydrogen-bond donors (Lipinski definition) is 1. The summed E-state index contributed by atoms with van der Waals surface area (Å²) >= 11 is 0. The van der Waals surface area contributed by atoms with Gasteiger partial charge in [-0.05, 0) is 0 Å². The fraction of sp³-hybridized carbons (Fsp3) is 0.400. The number of rotatable bonds is 3. The highest BCUT2D eigenvalue weighted by Gasteiger charge is 2.09. The number of carbonyl (C=O) groups is 3. The van der Waals surface area contributed by atoms with Crippen molar-refractivity contribution < 1.29 is 14.4 Å². The smallest absolute Gasteiger partial charge is 0.225 e. The molecule has 0 spiro atoms. The van der Waals surface area contributed by atoms with Crippen LogP contribution in [0.5, 0.6) is 0 Å². The van der Waals surface area contributed by atoms with Gasteiger partial charge in [-0.15, -0.1) is 0 Å². The Hall–Kier alpha value is -1.19. The van der Waals surface area contributed by atoms with Crippen LogP contribution in [0.3, 0.4) is 0 Å². The Kier molecular flexibility index (Phi) is 2.57. The quantitative estimate of drug-likeness (QED) is 0.393. The van der Waals surface area contributed by atoms with Crippen LogP contribution in [-0.4, -0.2) is 17.5 Å². The molecule has 0 aromatic heterocycles. The predicted octanol–water partition coefficient (Wildman–Crippen LogP) is -0.980. The van der Waals surface area contributed by atoms with E-state index in [0.29, 0.717) is 0 Å². The van der Waals surface area contributed by atoms with Gasteiger partial charge < -0.3 is 5.73 Å². The van der Waals surface area contributed by atoms with E-state index in [9.17, 15) is 14.4 Å². The van der Waals surface area contributed by atoms with E-state index in [4.69, 9.17) is 0 Å². The van der Waals surface area contributed by atoms with Crippen LogP contribution in [0.25, 0.3) is 0 Å². The molecule has 2 N–H and O–H groups in total. The van der Waals surface area contributed by atoms with Gasteiger partial charge in [0.15, 0.2) is 5.78 Å². The molecule has 0 atom stereocenters. The normalized spacial score (nSPS) is 8.56. The molecular weight excluding hydrogens is 122 g/mol. The Labute approximate surface area is 52.0 Å². The zero-order chi connectivity index (χ0) is 7.44. The average molecular weight is 129 g/mol. The lowest BCUT2D eigenvalue weighted by atomic mass is 10.2. The Bertz CT molecular complexity index is 162. The molecule has 0 rings (SSSR count). The highest BCUT2D eigenvalue weighted by molar-refractivity contribution is 6.39. The standard InChI is InChI=1S/C5H7NO3/c1-3(7)4(8)2-5(6)9/h2H2,1H3,(H2,6,9). The van der Waals surface area contributed by atoms with Gasteiger partial charge in [0.25, 0.3) is 0 Å². The Morgan fingerprint density at radius 2 is 1.78 bits per heavy atom. The Balaban J connectivity index is 3.79. The third kappa shape index (κ3) is 3.40. The highest BCUT2D eigenvalue weighted by Crippen LogP contribution is 1.81. The second kappa shape index (κ2) is 2.96. The summed E-state index contributed by atoms with van der Waals surface area (Å²) in [4.78, 5) is 30.4. The summed E-state index contributed by atoms with van der Waals surface area (Å²) in [5.74, 6) is -2.13. The van der Waals surface area contributed by atoms with Crippen LogP contribution >= 0.6 is 0 Å². The fourth-order valence-electron chi connectivity index (χ4n) is 0.283. The van der Waals surface area contributed by atoms with E-state index in [1.807, 2.05) is 0 Å². The first kappa shape index (κ1) is 7.81. The van der Waals surface area contributed by atoms with Crippen LogP contribution in [0, 0.1) is 0 Å². The topological polar surface area (TPSA) is 77.2 Å². The first-order valence-electron chi connectivity index (χ1n) is 2.36. The first-order valence-corrected chi connectivity index (χ1v) is 2.36. The molecule has 0 bridgehead atoms. The van der Waals surface area contributed by atoms with Crippen LogP contribution in [0.15, 0.2) is 0 Å². The van der Waals surface area contributed by atoms with Gasteiger partial charge in [0.2, 0.25) is 11.7 Å². The highest BCUT2D eigenvalue weighted by atomic mass is 16.2. The zero-order valence-corrected chi connectivity index (χ0v) is 5.01. The van der Waals surface area contributed by atoms with Gasteiger partial charge in [0, 0.05) is 6.92 Å². The van der Waals surface area contributed by atoms with Crippen molar-refractivity contribution in [1.29, 1.82) is 0 Å². The monoisotopic (exact) mass is 129 g/mol. The Morgan fingerprint density at radius 1 is 1.33 bits per heavy atom. The van der Waals surface area contributed by atoms with Crippen LogP contribution in [0.4, 0.5) is 0 Å². The molecule has 4 heteroatoms. The summed E-state index contributed by atoms with van der Waals surface area (Å²) in [5.41, 5.74) is 4.62. The van der Waals surface area contributed by atoms with Gasteiger partial charge in [-0.1, -0.05) is 0 Å². The van der Waals surface area contributed by atoms with Crippen molar-refractivity contribution in [3.63, 3.8) is 0 Å². The maximum Gasteiger partial charge on any atom is 0.225 e. The van der Waals surface area contributed by atoms with Crippen LogP contribution in [0.1, 0.15) is 13.3 Å². The van der Waals surface area contributed by atoms with Crippen LogP contribution in [-0.2, 0) is 14.4 Å². The van der Waals surface area contributed by atoms with Gasteiger partial charge >= 0.3 is 0 Å². The van der Waals surface area contributed by atoms with E-state index < -0.39 is 23.9 Å². The molecular formula is C5H7NO3. The molecule has 4 nitrogen and oxygen atoms in total. The SMILES string of the molecule is CC(=O)C(=O)CC(N)=O. The maximum absolute atomic E-state index is 10.3. The molecule has 0 heterocycles. The fourth-order valence-corrected chi connectivity index (χ4v) is 0.283. The molecule has 0 aromatic carbocycles. The van der Waals surface area contributed by atoms with Crippen molar-refractivity contribution in [3.8, 4) is 0 Å². The van der Waals surface area contributed by atoms with E-state index in [0.717, 1.165) is 6.92 Å². The Morgan fingerprint density at radius 3 is 1.89 bits per heavy atom. The minimum Gasteiger partial charge on any atom is -0.369 e. The third-order valence-corrected chi connectivity index (χ3v) is 0.727. The zero-order valence-electron chi connectivity index (χ0n) is 5.01. The molecule has 0 aliphatic carbocycles. The molecule has 0 aromatic rings. The summed E-state index contributed by atoms with van der Waals surface area (Å²) in [5, 5.41) is 0. The number of primary amides is 1. The molecule has 50 valence electrons. The van der Waals surface area contributed by atoms with Crippen molar-refractivity contribution >= 4 is 17.5 Å². The summed E-state index contributed by atoms with van der Waals surface area (Å²) in [6, 6.07) is 0. The predicted molar refractivity (Wildman–Crippen MR) is 29.5 cm³/mol. The molecule has 0 saturated heterocycles. The number of Topliss-reactive ketones (excluding diaryl/α,β-unsaturated/α-hetero) is 2. The number of ketones is 2. The summed E-state index contributed by atoms with van der Waals surface area (Å²) in [7, 11) is 0. The molecule has 0 fully saturated rings. The van der Waals surface area contributed by atoms with Gasteiger partial charge in [-0.2, -0.15) is 0 Å². The number of carbonyl (C=O) groups excluding carboxylic acids is 3. The number of amides is 1. The van der Waals surface area contributed by atoms with E-state index >= 15 is 0 Å². The maximum atomic E-state index is 10.3. The molecule has 0 aliphatic rings. The lowest BCUT2D eigenvalue weighted by Gasteiger charge is -1.87. The van der Waals surface area contributed by atoms with Gasteiger partial charge in [-0.3, -0.25) is 14.4 Å². The first-order chi connectivity index (χ1) is 4.04. The van der Waals surface area contributed by atoms with E-state index in [-0.39, 0.29) is 0 Å². The molecule has 0 aliphatic heterocycles. The second-order valence-corrected chi connectivity index (χ2v) is 1.62. The van der Waals surface area contributed by atoms with E-state index in [1.165, 1.54) is 0 Å². The van der Waals surface area contributed by atoms with Gasteiger partial charge in [0.1, 0.15) is 0 Å². The van der Waals surface area contributed by atoms with Crippen molar-refractivity contribution in [3.05, 3.63) is 0 Å².